The third kappa shape index (κ3) is 4.24. The van der Waals surface area contributed by atoms with Crippen LogP contribution in [0.2, 0.25) is 0 Å². The number of benzene rings is 1. The maximum Gasteiger partial charge on any atom is 0.252 e. The molecule has 0 aliphatic carbocycles. The molecule has 1 fully saturated rings. The third-order valence-corrected chi connectivity index (χ3v) is 9.86. The molecule has 1 aromatic carbocycles. The van der Waals surface area contributed by atoms with E-state index in [2.05, 4.69) is 27.5 Å². The van der Waals surface area contributed by atoms with Crippen LogP contribution in [0.4, 0.5) is 0 Å². The molecule has 0 bridgehead atoms. The predicted octanol–water partition coefficient (Wildman–Crippen LogP) is 4.24. The third-order valence-electron chi connectivity index (χ3n) is 5.05. The summed E-state index contributed by atoms with van der Waals surface area (Å²) < 4.78 is 31.1. The summed E-state index contributed by atoms with van der Waals surface area (Å²) in [5.41, 5.74) is 1.01. The SMILES string of the molecule is C=CCn1c(=NC(=O)C2CCN(S(=O)(=O)c3cccs3)CC2)sc2cc(Br)ccc21. The number of piperidine rings is 1. The summed E-state index contributed by atoms with van der Waals surface area (Å²) >= 11 is 6.16. The Balaban J connectivity index is 1.54. The maximum atomic E-state index is 12.9. The number of thiazole rings is 1. The molecule has 0 saturated carbocycles. The number of thiophene rings is 1. The fourth-order valence-corrected chi connectivity index (χ4v) is 7.72. The van der Waals surface area contributed by atoms with Crippen LogP contribution in [0.3, 0.4) is 0 Å². The first-order chi connectivity index (χ1) is 14.4. The molecular formula is C20H20BrN3O3S3. The van der Waals surface area contributed by atoms with Crippen molar-refractivity contribution in [3.63, 3.8) is 0 Å². The molecule has 10 heteroatoms. The molecule has 30 heavy (non-hydrogen) atoms. The first kappa shape index (κ1) is 21.6. The average molecular weight is 527 g/mol. The van der Waals surface area contributed by atoms with E-state index in [-0.39, 0.29) is 11.8 Å². The lowest BCUT2D eigenvalue weighted by atomic mass is 9.98. The molecule has 2 aromatic heterocycles. The number of carbonyl (C=O) groups excluding carboxylic acids is 1. The number of amides is 1. The molecular weight excluding hydrogens is 506 g/mol. The Morgan fingerprint density at radius 2 is 2.07 bits per heavy atom. The van der Waals surface area contributed by atoms with Crippen LogP contribution in [0.15, 0.2) is 62.0 Å². The molecule has 0 atom stereocenters. The fourth-order valence-electron chi connectivity index (χ4n) is 3.50. The predicted molar refractivity (Wildman–Crippen MR) is 124 cm³/mol. The molecule has 4 rings (SSSR count). The first-order valence-corrected chi connectivity index (χ1v) is 13.3. The van der Waals surface area contributed by atoms with Crippen molar-refractivity contribution in [2.24, 2.45) is 10.9 Å². The highest BCUT2D eigenvalue weighted by Crippen LogP contribution is 2.27. The quantitative estimate of drug-likeness (QED) is 0.467. The normalized spacial score (nSPS) is 16.9. The van der Waals surface area contributed by atoms with E-state index >= 15 is 0 Å². The van der Waals surface area contributed by atoms with Gasteiger partial charge in [0.05, 0.1) is 10.2 Å². The molecule has 6 nitrogen and oxygen atoms in total. The molecule has 0 radical (unpaired) electrons. The number of rotatable bonds is 5. The number of carbonyl (C=O) groups is 1. The second-order valence-corrected chi connectivity index (χ2v) is 12.0. The van der Waals surface area contributed by atoms with Crippen LogP contribution in [0.5, 0.6) is 0 Å². The smallest absolute Gasteiger partial charge is 0.252 e. The van der Waals surface area contributed by atoms with Crippen molar-refractivity contribution in [2.75, 3.05) is 13.1 Å². The number of hydrogen-bond acceptors (Lipinski definition) is 5. The largest absolute Gasteiger partial charge is 0.313 e. The maximum absolute atomic E-state index is 12.9. The number of sulfonamides is 1. The van der Waals surface area contributed by atoms with Crippen LogP contribution in [0.1, 0.15) is 12.8 Å². The van der Waals surface area contributed by atoms with E-state index in [9.17, 15) is 13.2 Å². The van der Waals surface area contributed by atoms with Gasteiger partial charge in [-0.05, 0) is 42.5 Å². The highest BCUT2D eigenvalue weighted by atomic mass is 79.9. The zero-order valence-corrected chi connectivity index (χ0v) is 20.1. The minimum absolute atomic E-state index is 0.188. The van der Waals surface area contributed by atoms with Gasteiger partial charge in [-0.2, -0.15) is 9.30 Å². The van der Waals surface area contributed by atoms with Gasteiger partial charge in [0, 0.05) is 30.0 Å². The molecule has 1 aliphatic heterocycles. The van der Waals surface area contributed by atoms with E-state index in [1.165, 1.54) is 27.0 Å². The first-order valence-electron chi connectivity index (χ1n) is 9.42. The van der Waals surface area contributed by atoms with Crippen molar-refractivity contribution in [3.05, 3.63) is 57.6 Å². The second-order valence-electron chi connectivity index (χ2n) is 6.96. The van der Waals surface area contributed by atoms with Crippen molar-refractivity contribution in [2.45, 2.75) is 23.6 Å². The summed E-state index contributed by atoms with van der Waals surface area (Å²) in [5, 5.41) is 1.75. The molecule has 158 valence electrons. The summed E-state index contributed by atoms with van der Waals surface area (Å²) in [6, 6.07) is 9.32. The van der Waals surface area contributed by atoms with Gasteiger partial charge >= 0.3 is 0 Å². The van der Waals surface area contributed by atoms with Crippen molar-refractivity contribution in [1.29, 1.82) is 0 Å². The van der Waals surface area contributed by atoms with Gasteiger partial charge in [0.25, 0.3) is 15.9 Å². The lowest BCUT2D eigenvalue weighted by Gasteiger charge is -2.29. The molecule has 0 unspecified atom stereocenters. The standard InChI is InChI=1S/C20H20BrN3O3S3/c1-2-9-24-16-6-5-15(21)13-17(16)29-20(24)22-19(25)14-7-10-23(11-8-14)30(26,27)18-4-3-12-28-18/h2-6,12-14H,1,7-11H2. The van der Waals surface area contributed by atoms with E-state index in [0.29, 0.717) is 41.5 Å². The van der Waals surface area contributed by atoms with Crippen LogP contribution >= 0.6 is 38.6 Å². The van der Waals surface area contributed by atoms with E-state index in [0.717, 1.165) is 14.7 Å². The van der Waals surface area contributed by atoms with Gasteiger partial charge in [0.2, 0.25) is 0 Å². The van der Waals surface area contributed by atoms with Crippen LogP contribution < -0.4 is 4.80 Å². The summed E-state index contributed by atoms with van der Waals surface area (Å²) in [6.45, 7) is 5.03. The summed E-state index contributed by atoms with van der Waals surface area (Å²) in [7, 11) is -3.47. The number of aromatic nitrogens is 1. The molecule has 1 amide bonds. The van der Waals surface area contributed by atoms with Crippen LogP contribution in [-0.4, -0.2) is 36.3 Å². The number of fused-ring (bicyclic) bond motifs is 1. The molecule has 0 spiro atoms. The lowest BCUT2D eigenvalue weighted by molar-refractivity contribution is -0.122. The number of halogens is 1. The van der Waals surface area contributed by atoms with Gasteiger partial charge in [-0.1, -0.05) is 39.4 Å². The van der Waals surface area contributed by atoms with Gasteiger partial charge in [-0.15, -0.1) is 17.9 Å². The van der Waals surface area contributed by atoms with Crippen molar-refractivity contribution >= 4 is 64.8 Å². The van der Waals surface area contributed by atoms with Crippen LogP contribution in [0.25, 0.3) is 10.2 Å². The number of nitrogens with zero attached hydrogens (tertiary/aromatic N) is 3. The Hall–Kier alpha value is -1.59. The Morgan fingerprint density at radius 1 is 1.30 bits per heavy atom. The Labute approximate surface area is 191 Å². The Kier molecular flexibility index (Phi) is 6.40. The minimum atomic E-state index is -3.47. The van der Waals surface area contributed by atoms with E-state index in [1.807, 2.05) is 22.8 Å². The average Bonchev–Trinajstić information content (AvgIpc) is 3.38. The van der Waals surface area contributed by atoms with E-state index < -0.39 is 10.0 Å². The summed E-state index contributed by atoms with van der Waals surface area (Å²) in [6.07, 6.45) is 2.74. The van der Waals surface area contributed by atoms with Crippen molar-refractivity contribution < 1.29 is 13.2 Å². The van der Waals surface area contributed by atoms with Gasteiger partial charge < -0.3 is 4.57 Å². The Bertz CT molecular complexity index is 1250. The van der Waals surface area contributed by atoms with Gasteiger partial charge in [-0.25, -0.2) is 8.42 Å². The molecule has 3 aromatic rings. The van der Waals surface area contributed by atoms with E-state index in [1.54, 1.807) is 23.6 Å². The zero-order valence-electron chi connectivity index (χ0n) is 16.0. The zero-order chi connectivity index (χ0) is 21.3. The lowest BCUT2D eigenvalue weighted by Crippen LogP contribution is -2.40. The van der Waals surface area contributed by atoms with Crippen LogP contribution in [0, 0.1) is 5.92 Å². The fraction of sp³-hybridized carbons (Fsp3) is 0.300. The van der Waals surface area contributed by atoms with Gasteiger partial charge in [0.1, 0.15) is 4.21 Å². The monoisotopic (exact) mass is 525 g/mol. The van der Waals surface area contributed by atoms with Gasteiger partial charge in [0.15, 0.2) is 4.80 Å². The number of allylic oxidation sites excluding steroid dienone is 1. The minimum Gasteiger partial charge on any atom is -0.313 e. The highest BCUT2D eigenvalue weighted by Gasteiger charge is 2.32. The second kappa shape index (κ2) is 8.88. The van der Waals surface area contributed by atoms with E-state index in [4.69, 9.17) is 0 Å². The molecule has 1 aliphatic rings. The molecule has 1 saturated heterocycles. The molecule has 3 heterocycles. The summed E-state index contributed by atoms with van der Waals surface area (Å²) in [5.74, 6) is -0.458. The molecule has 0 N–H and O–H groups in total. The topological polar surface area (TPSA) is 71.7 Å². The van der Waals surface area contributed by atoms with Crippen molar-refractivity contribution in [1.82, 2.24) is 8.87 Å². The Morgan fingerprint density at radius 3 is 2.73 bits per heavy atom. The van der Waals surface area contributed by atoms with Gasteiger partial charge in [-0.3, -0.25) is 4.79 Å². The highest BCUT2D eigenvalue weighted by molar-refractivity contribution is 9.10. The number of hydrogen-bond donors (Lipinski definition) is 0. The van der Waals surface area contributed by atoms with Crippen molar-refractivity contribution in [3.8, 4) is 0 Å². The summed E-state index contributed by atoms with van der Waals surface area (Å²) in [4.78, 5) is 17.9. The van der Waals surface area contributed by atoms with Crippen LogP contribution in [-0.2, 0) is 21.4 Å².